The predicted octanol–water partition coefficient (Wildman–Crippen LogP) is 2.53. The fourth-order valence-electron chi connectivity index (χ4n) is 1.51. The number of hydrogen-bond donors (Lipinski definition) is 0. The van der Waals surface area contributed by atoms with Crippen LogP contribution in [0.5, 0.6) is 0 Å². The first-order valence-corrected chi connectivity index (χ1v) is 5.84. The Morgan fingerprint density at radius 1 is 1.21 bits per heavy atom. The van der Waals surface area contributed by atoms with Crippen molar-refractivity contribution >= 4 is 5.69 Å². The topological polar surface area (TPSA) is 86.3 Å². The van der Waals surface area contributed by atoms with Gasteiger partial charge in [0, 0.05) is 0 Å². The van der Waals surface area contributed by atoms with Gasteiger partial charge in [0.2, 0.25) is 0 Å². The number of nitrogens with zero attached hydrogens (tertiary/aromatic N) is 3. The van der Waals surface area contributed by atoms with Crippen LogP contribution < -0.4 is 0 Å². The average Bonchev–Trinajstić information content (AvgIpc) is 2.39. The van der Waals surface area contributed by atoms with Gasteiger partial charge in [-0.25, -0.2) is 0 Å². The zero-order valence-corrected chi connectivity index (χ0v) is 10.8. The zero-order chi connectivity index (χ0) is 13.9. The largest absolute Gasteiger partial charge is 0.375 e. The van der Waals surface area contributed by atoms with E-state index in [0.717, 1.165) is 0 Å². The highest BCUT2D eigenvalue weighted by molar-refractivity contribution is 5.34. The smallest absolute Gasteiger partial charge is 0.341 e. The van der Waals surface area contributed by atoms with Gasteiger partial charge < -0.3 is 9.47 Å². The van der Waals surface area contributed by atoms with E-state index in [1.165, 1.54) is 0 Å². The monoisotopic (exact) mass is 265 g/mol. The van der Waals surface area contributed by atoms with Crippen molar-refractivity contribution < 1.29 is 14.4 Å². The molecule has 1 aromatic rings. The minimum absolute atomic E-state index is 0.163. The van der Waals surface area contributed by atoms with E-state index in [-0.39, 0.29) is 13.2 Å². The van der Waals surface area contributed by atoms with Crippen LogP contribution in [-0.4, -0.2) is 29.6 Å². The second-order valence-corrected chi connectivity index (χ2v) is 4.75. The van der Waals surface area contributed by atoms with Gasteiger partial charge in [-0.1, -0.05) is 18.2 Å². The molecule has 0 radical (unpaired) electrons. The molecule has 0 atom stereocenters. The summed E-state index contributed by atoms with van der Waals surface area (Å²) in [7, 11) is 0. The van der Waals surface area contributed by atoms with Gasteiger partial charge in [-0.05, 0) is 26.0 Å². The number of rotatable bonds is 3. The van der Waals surface area contributed by atoms with Crippen LogP contribution in [0.2, 0.25) is 0 Å². The molecule has 1 aliphatic heterocycles. The van der Waals surface area contributed by atoms with Crippen LogP contribution in [0.15, 0.2) is 40.6 Å². The van der Waals surface area contributed by atoms with Crippen LogP contribution in [0.25, 0.3) is 0 Å². The van der Waals surface area contributed by atoms with E-state index in [2.05, 4.69) is 10.2 Å². The van der Waals surface area contributed by atoms with E-state index in [4.69, 9.17) is 9.47 Å². The summed E-state index contributed by atoms with van der Waals surface area (Å²) in [5.74, 6) is -0.832. The van der Waals surface area contributed by atoms with Gasteiger partial charge in [-0.15, -0.1) is 10.2 Å². The normalized spacial score (nSPS) is 21.4. The molecule has 0 aliphatic carbocycles. The molecule has 2 rings (SSSR count). The maximum absolute atomic E-state index is 11.2. The Morgan fingerprint density at radius 2 is 1.79 bits per heavy atom. The number of hydrogen-bond acceptors (Lipinski definition) is 6. The van der Waals surface area contributed by atoms with Crippen LogP contribution in [0.3, 0.4) is 0 Å². The number of azo groups is 1. The predicted molar refractivity (Wildman–Crippen MR) is 66.7 cm³/mol. The van der Waals surface area contributed by atoms with Gasteiger partial charge in [-0.3, -0.25) is 10.1 Å². The molecule has 0 saturated carbocycles. The molecule has 0 bridgehead atoms. The van der Waals surface area contributed by atoms with Crippen molar-refractivity contribution in [3.8, 4) is 0 Å². The highest BCUT2D eigenvalue weighted by Crippen LogP contribution is 2.28. The molecule has 0 unspecified atom stereocenters. The molecule has 102 valence electrons. The number of nitro groups is 1. The molecule has 0 N–H and O–H groups in total. The summed E-state index contributed by atoms with van der Waals surface area (Å²) in [5, 5.41) is 18.9. The fraction of sp³-hybridized carbons (Fsp3) is 0.500. The van der Waals surface area contributed by atoms with E-state index in [0.29, 0.717) is 5.69 Å². The summed E-state index contributed by atoms with van der Waals surface area (Å²) in [6.07, 6.45) is 0. The maximum atomic E-state index is 11.2. The van der Waals surface area contributed by atoms with Gasteiger partial charge in [0.05, 0.1) is 10.6 Å². The van der Waals surface area contributed by atoms with Crippen molar-refractivity contribution in [2.45, 2.75) is 25.3 Å². The van der Waals surface area contributed by atoms with Crippen molar-refractivity contribution in [2.24, 2.45) is 10.2 Å². The fourth-order valence-corrected chi connectivity index (χ4v) is 1.51. The van der Waals surface area contributed by atoms with Gasteiger partial charge in [0.1, 0.15) is 13.2 Å². The lowest BCUT2D eigenvalue weighted by molar-refractivity contribution is -0.594. The molecule has 7 heteroatoms. The van der Waals surface area contributed by atoms with Gasteiger partial charge in [0.25, 0.3) is 0 Å². The summed E-state index contributed by atoms with van der Waals surface area (Å²) in [6.45, 7) is 3.07. The molecule has 7 nitrogen and oxygen atoms in total. The first kappa shape index (κ1) is 13.6. The van der Waals surface area contributed by atoms with Gasteiger partial charge in [0.15, 0.2) is 5.79 Å². The highest BCUT2D eigenvalue weighted by Gasteiger charge is 2.51. The van der Waals surface area contributed by atoms with Crippen LogP contribution in [-0.2, 0) is 9.47 Å². The molecule has 0 spiro atoms. The third kappa shape index (κ3) is 3.12. The molecule has 0 amide bonds. The quantitative estimate of drug-likeness (QED) is 0.477. The van der Waals surface area contributed by atoms with Gasteiger partial charge in [-0.2, -0.15) is 0 Å². The lowest BCUT2D eigenvalue weighted by Crippen LogP contribution is -2.54. The van der Waals surface area contributed by atoms with Crippen molar-refractivity contribution in [2.75, 3.05) is 13.2 Å². The highest BCUT2D eigenvalue weighted by atomic mass is 16.7. The standard InChI is InChI=1S/C12H15N3O4/c1-11(2)18-8-12(9-19-11,15(16)17)14-13-10-6-4-3-5-7-10/h3-7H,8-9H2,1-2H3. The van der Waals surface area contributed by atoms with E-state index in [9.17, 15) is 10.1 Å². The molecule has 1 fully saturated rings. The van der Waals surface area contributed by atoms with Gasteiger partial charge >= 0.3 is 5.66 Å². The van der Waals surface area contributed by atoms with Crippen LogP contribution in [0, 0.1) is 10.1 Å². The summed E-state index contributed by atoms with van der Waals surface area (Å²) in [5.41, 5.74) is -1.13. The van der Waals surface area contributed by atoms with Crippen LogP contribution >= 0.6 is 0 Å². The summed E-state index contributed by atoms with van der Waals surface area (Å²) >= 11 is 0. The van der Waals surface area contributed by atoms with Crippen molar-refractivity contribution in [1.82, 2.24) is 0 Å². The Bertz CT molecular complexity index is 477. The second-order valence-electron chi connectivity index (χ2n) is 4.75. The zero-order valence-electron chi connectivity index (χ0n) is 10.8. The minimum Gasteiger partial charge on any atom is -0.341 e. The average molecular weight is 265 g/mol. The van der Waals surface area contributed by atoms with Crippen molar-refractivity contribution in [3.63, 3.8) is 0 Å². The third-order valence-corrected chi connectivity index (χ3v) is 2.75. The summed E-state index contributed by atoms with van der Waals surface area (Å²) in [6, 6.07) is 8.82. The molecule has 19 heavy (non-hydrogen) atoms. The minimum atomic E-state index is -1.68. The molecule has 1 aliphatic rings. The lowest BCUT2D eigenvalue weighted by atomic mass is 10.2. The molecular weight excluding hydrogens is 250 g/mol. The third-order valence-electron chi connectivity index (χ3n) is 2.75. The van der Waals surface area contributed by atoms with E-state index in [1.54, 1.807) is 38.1 Å². The summed E-state index contributed by atoms with van der Waals surface area (Å²) < 4.78 is 10.6. The Balaban J connectivity index is 2.18. The molecule has 1 heterocycles. The van der Waals surface area contributed by atoms with Crippen LogP contribution in [0.1, 0.15) is 13.8 Å². The molecule has 1 saturated heterocycles. The van der Waals surface area contributed by atoms with E-state index < -0.39 is 16.4 Å². The Labute approximate surface area is 110 Å². The number of ether oxygens (including phenoxy) is 2. The Kier molecular flexibility index (Phi) is 3.59. The number of benzene rings is 1. The summed E-state index contributed by atoms with van der Waals surface area (Å²) in [4.78, 5) is 10.7. The first-order chi connectivity index (χ1) is 8.94. The second kappa shape index (κ2) is 5.02. The van der Waals surface area contributed by atoms with Crippen molar-refractivity contribution in [1.29, 1.82) is 0 Å². The van der Waals surface area contributed by atoms with E-state index in [1.807, 2.05) is 6.07 Å². The molecule has 0 aromatic heterocycles. The Morgan fingerprint density at radius 3 is 2.32 bits per heavy atom. The molecule has 1 aromatic carbocycles. The SMILES string of the molecule is CC1(C)OCC(N=Nc2ccccc2)([N+](=O)[O-])CO1. The maximum Gasteiger partial charge on any atom is 0.375 e. The van der Waals surface area contributed by atoms with Crippen LogP contribution in [0.4, 0.5) is 5.69 Å². The lowest BCUT2D eigenvalue weighted by Gasteiger charge is -2.35. The Hall–Kier alpha value is -1.86. The molecular formula is C12H15N3O4. The van der Waals surface area contributed by atoms with Crippen molar-refractivity contribution in [3.05, 3.63) is 40.4 Å². The first-order valence-electron chi connectivity index (χ1n) is 5.84. The van der Waals surface area contributed by atoms with E-state index >= 15 is 0 Å².